The molecule has 1 fully saturated rings. The average Bonchev–Trinajstić information content (AvgIpc) is 3.27. The van der Waals surface area contributed by atoms with Crippen molar-refractivity contribution >= 4 is 51.9 Å². The summed E-state index contributed by atoms with van der Waals surface area (Å²) in [4.78, 5) is 51.6. The Morgan fingerprint density at radius 2 is 2.15 bits per heavy atom. The molecule has 2 aliphatic rings. The smallest absolute Gasteiger partial charge is 0.356 e. The van der Waals surface area contributed by atoms with Gasteiger partial charge in [-0.3, -0.25) is 19.5 Å². The number of rotatable bonds is 9. The highest BCUT2D eigenvalue weighted by Crippen LogP contribution is 2.40. The normalized spacial score (nSPS) is 19.9. The highest BCUT2D eigenvalue weighted by molar-refractivity contribution is 8.00. The first-order valence-electron chi connectivity index (χ1n) is 9.93. The van der Waals surface area contributed by atoms with Gasteiger partial charge < -0.3 is 25.7 Å². The zero-order valence-corrected chi connectivity index (χ0v) is 19.3. The van der Waals surface area contributed by atoms with E-state index in [1.165, 1.54) is 11.8 Å². The number of hydrogen-bond acceptors (Lipinski definition) is 12. The van der Waals surface area contributed by atoms with Gasteiger partial charge in [0.15, 0.2) is 10.8 Å². The number of aromatic nitrogens is 3. The van der Waals surface area contributed by atoms with Crippen LogP contribution < -0.4 is 11.1 Å². The second-order valence-corrected chi connectivity index (χ2v) is 8.78. The number of nitrogen functional groups attached to an aromatic ring is 1. The van der Waals surface area contributed by atoms with Gasteiger partial charge in [-0.25, -0.2) is 4.79 Å². The van der Waals surface area contributed by atoms with Gasteiger partial charge in [0.1, 0.15) is 30.4 Å². The molecule has 4 rings (SSSR count). The van der Waals surface area contributed by atoms with Gasteiger partial charge in [-0.2, -0.15) is 9.36 Å². The van der Waals surface area contributed by atoms with Crippen LogP contribution in [-0.4, -0.2) is 71.6 Å². The summed E-state index contributed by atoms with van der Waals surface area (Å²) in [5.41, 5.74) is 5.91. The summed E-state index contributed by atoms with van der Waals surface area (Å²) in [5, 5.41) is 15.6. The van der Waals surface area contributed by atoms with E-state index in [9.17, 15) is 19.5 Å². The molecule has 2 aromatic heterocycles. The van der Waals surface area contributed by atoms with Crippen molar-refractivity contribution in [3.05, 3.63) is 47.4 Å². The summed E-state index contributed by atoms with van der Waals surface area (Å²) < 4.78 is 9.67. The molecule has 0 aromatic carbocycles. The molecular weight excluding hydrogens is 486 g/mol. The molecule has 1 saturated heterocycles. The van der Waals surface area contributed by atoms with Gasteiger partial charge in [0, 0.05) is 23.9 Å². The number of amides is 2. The van der Waals surface area contributed by atoms with E-state index in [0.29, 0.717) is 0 Å². The number of nitrogens with two attached hydrogens (primary N) is 1. The molecule has 0 saturated carbocycles. The summed E-state index contributed by atoms with van der Waals surface area (Å²) in [6.45, 7) is 2.01. The summed E-state index contributed by atoms with van der Waals surface area (Å²) in [6, 6.07) is 2.51. The van der Waals surface area contributed by atoms with Crippen LogP contribution in [-0.2, 0) is 30.6 Å². The Morgan fingerprint density at radius 3 is 2.79 bits per heavy atom. The monoisotopic (exact) mass is 505 g/mol. The zero-order valence-electron chi connectivity index (χ0n) is 17.7. The Balaban J connectivity index is 1.49. The van der Waals surface area contributed by atoms with Gasteiger partial charge in [-0.05, 0) is 24.6 Å². The van der Waals surface area contributed by atoms with Gasteiger partial charge in [0.2, 0.25) is 11.5 Å². The number of carbonyl (C=O) groups excluding carboxylic acids is 2. The van der Waals surface area contributed by atoms with Crippen molar-refractivity contribution in [1.29, 1.82) is 0 Å². The maximum atomic E-state index is 12.9. The number of hydrogen-bond donors (Lipinski definition) is 3. The number of carbonyl (C=O) groups is 3. The first kappa shape index (κ1) is 23.4. The third-order valence-corrected chi connectivity index (χ3v) is 6.53. The number of carboxylic acid groups (broad SMARTS) is 1. The number of nitrogens with one attached hydrogen (secondary N) is 1. The molecule has 15 heteroatoms. The lowest BCUT2D eigenvalue weighted by Crippen LogP contribution is -2.71. The fourth-order valence-corrected chi connectivity index (χ4v) is 4.92. The van der Waals surface area contributed by atoms with Gasteiger partial charge >= 0.3 is 5.97 Å². The van der Waals surface area contributed by atoms with Crippen LogP contribution in [0.4, 0.5) is 5.13 Å². The fourth-order valence-electron chi connectivity index (χ4n) is 3.20. The van der Waals surface area contributed by atoms with Crippen LogP contribution in [0.5, 0.6) is 0 Å². The Labute approximate surface area is 201 Å². The van der Waals surface area contributed by atoms with E-state index in [4.69, 9.17) is 15.3 Å². The molecule has 4 heterocycles. The number of aliphatic carboxylic acids is 1. The largest absolute Gasteiger partial charge is 0.490 e. The summed E-state index contributed by atoms with van der Waals surface area (Å²) in [5.74, 6) is -2.29. The Morgan fingerprint density at radius 1 is 1.38 bits per heavy atom. The summed E-state index contributed by atoms with van der Waals surface area (Å²) >= 11 is 2.15. The van der Waals surface area contributed by atoms with Crippen LogP contribution in [0.1, 0.15) is 18.3 Å². The fraction of sp³-hybridized carbons (Fsp3) is 0.316. The maximum Gasteiger partial charge on any atom is 0.356 e. The van der Waals surface area contributed by atoms with Crippen molar-refractivity contribution < 1.29 is 29.1 Å². The van der Waals surface area contributed by atoms with Gasteiger partial charge in [0.05, 0.1) is 5.75 Å². The number of thioether (sulfide) groups is 1. The van der Waals surface area contributed by atoms with E-state index in [0.717, 1.165) is 22.0 Å². The van der Waals surface area contributed by atoms with Gasteiger partial charge in [-0.1, -0.05) is 5.16 Å². The first-order chi connectivity index (χ1) is 16.4. The number of anilines is 1. The van der Waals surface area contributed by atoms with Gasteiger partial charge in [-0.15, -0.1) is 11.8 Å². The molecule has 0 spiro atoms. The minimum atomic E-state index is -1.30. The lowest BCUT2D eigenvalue weighted by molar-refractivity contribution is -0.150. The molecular formula is C19H19N7O6S2. The number of ether oxygens (including phenoxy) is 1. The molecule has 2 aliphatic heterocycles. The second kappa shape index (κ2) is 10.0. The molecule has 178 valence electrons. The molecule has 13 nitrogen and oxygen atoms in total. The van der Waals surface area contributed by atoms with Crippen LogP contribution in [0.3, 0.4) is 0 Å². The molecule has 0 unspecified atom stereocenters. The van der Waals surface area contributed by atoms with E-state index in [1.807, 2.05) is 0 Å². The van der Waals surface area contributed by atoms with Crippen LogP contribution in [0.15, 0.2) is 41.1 Å². The lowest BCUT2D eigenvalue weighted by Gasteiger charge is -2.48. The molecule has 34 heavy (non-hydrogen) atoms. The van der Waals surface area contributed by atoms with Crippen molar-refractivity contribution in [3.8, 4) is 0 Å². The number of oxime groups is 1. The van der Waals surface area contributed by atoms with Crippen LogP contribution in [0.2, 0.25) is 0 Å². The minimum Gasteiger partial charge on any atom is -0.490 e. The molecule has 2 aromatic rings. The predicted molar refractivity (Wildman–Crippen MR) is 121 cm³/mol. The Hall–Kier alpha value is -3.72. The molecule has 2 atom stereocenters. The second-order valence-electron chi connectivity index (χ2n) is 6.90. The maximum absolute atomic E-state index is 12.9. The van der Waals surface area contributed by atoms with Crippen LogP contribution in [0.25, 0.3) is 0 Å². The lowest BCUT2D eigenvalue weighted by atomic mass is 10.0. The number of nitrogens with zero attached hydrogens (tertiary/aromatic N) is 5. The number of β-lactam (4-membered cyclic amide) rings is 1. The van der Waals surface area contributed by atoms with Crippen molar-refractivity contribution in [2.24, 2.45) is 5.16 Å². The van der Waals surface area contributed by atoms with E-state index in [2.05, 4.69) is 24.8 Å². The quantitative estimate of drug-likeness (QED) is 0.240. The Kier molecular flexibility index (Phi) is 6.93. The van der Waals surface area contributed by atoms with E-state index < -0.39 is 29.2 Å². The van der Waals surface area contributed by atoms with Crippen LogP contribution >= 0.6 is 23.3 Å². The van der Waals surface area contributed by atoms with Gasteiger partial charge in [0.25, 0.3) is 11.8 Å². The van der Waals surface area contributed by atoms with Crippen molar-refractivity contribution in [3.63, 3.8) is 0 Å². The third kappa shape index (κ3) is 4.65. The van der Waals surface area contributed by atoms with E-state index >= 15 is 0 Å². The average molecular weight is 506 g/mol. The van der Waals surface area contributed by atoms with Crippen molar-refractivity contribution in [2.75, 3.05) is 18.1 Å². The highest BCUT2D eigenvalue weighted by atomic mass is 32.2. The highest BCUT2D eigenvalue weighted by Gasteiger charge is 2.55. The van der Waals surface area contributed by atoms with E-state index in [-0.39, 0.29) is 47.1 Å². The number of carboxylic acids is 1. The number of fused-ring (bicyclic) bond motifs is 1. The van der Waals surface area contributed by atoms with Crippen molar-refractivity contribution in [1.82, 2.24) is 24.6 Å². The topological polar surface area (TPSA) is 182 Å². The molecule has 0 aliphatic carbocycles. The minimum absolute atomic E-state index is 0.0358. The zero-order chi connectivity index (χ0) is 24.2. The molecule has 0 bridgehead atoms. The van der Waals surface area contributed by atoms with E-state index in [1.54, 1.807) is 31.5 Å². The first-order valence-corrected chi connectivity index (χ1v) is 11.8. The standard InChI is InChI=1S/C19H19N7O6S2/c1-2-32-24-11(14-23-19(20)34-25-14)15(27)22-12-16(28)26-13(18(29)30)10(8-33-17(12)26)31-7-9-3-5-21-6-4-9/h3-6,12,17H,2,7-8H2,1H3,(H,22,27)(H,29,30)(H2,20,23,25)/b24-11-/t12-,17+/m1/s1. The molecule has 2 amide bonds. The Bertz CT molecular complexity index is 1170. The predicted octanol–water partition coefficient (Wildman–Crippen LogP) is 0.169. The third-order valence-electron chi connectivity index (χ3n) is 4.74. The summed E-state index contributed by atoms with van der Waals surface area (Å²) in [6.07, 6.45) is 3.20. The summed E-state index contributed by atoms with van der Waals surface area (Å²) in [7, 11) is 0. The molecule has 0 radical (unpaired) electrons. The SMILES string of the molecule is CCO/N=C(\C(=O)N[C@@H]1C(=O)N2C(C(=O)O)=C(OCc3ccncc3)CS[C@@H]12)c1nsc(N)n1. The van der Waals surface area contributed by atoms with Crippen LogP contribution in [0, 0.1) is 0 Å². The van der Waals surface area contributed by atoms with Crippen molar-refractivity contribution in [2.45, 2.75) is 24.9 Å². The number of pyridine rings is 1. The molecule has 4 N–H and O–H groups in total.